The van der Waals surface area contributed by atoms with E-state index in [2.05, 4.69) is 5.32 Å². The number of carbonyl (C=O) groups excluding carboxylic acids is 1. The lowest BCUT2D eigenvalue weighted by molar-refractivity contribution is -0.119. The summed E-state index contributed by atoms with van der Waals surface area (Å²) in [6.45, 7) is 2.27. The van der Waals surface area contributed by atoms with Crippen molar-refractivity contribution >= 4 is 21.6 Å². The van der Waals surface area contributed by atoms with E-state index in [0.29, 0.717) is 23.7 Å². The van der Waals surface area contributed by atoms with Crippen LogP contribution in [0.3, 0.4) is 0 Å². The average molecular weight is 314 g/mol. The van der Waals surface area contributed by atoms with Crippen LogP contribution < -0.4 is 19.1 Å². The number of ether oxygens (including phenoxy) is 2. The molecule has 1 heterocycles. The number of amides is 1. The Bertz CT molecular complexity index is 629. The predicted molar refractivity (Wildman–Crippen MR) is 78.1 cm³/mol. The van der Waals surface area contributed by atoms with Crippen LogP contribution in [-0.4, -0.2) is 40.5 Å². The second-order valence-electron chi connectivity index (χ2n) is 4.66. The largest absolute Gasteiger partial charge is 0.454 e. The molecule has 0 aliphatic carbocycles. The van der Waals surface area contributed by atoms with Crippen molar-refractivity contribution in [3.8, 4) is 11.5 Å². The van der Waals surface area contributed by atoms with Crippen molar-refractivity contribution in [1.82, 2.24) is 5.32 Å². The Balaban J connectivity index is 2.22. The van der Waals surface area contributed by atoms with Gasteiger partial charge in [-0.2, -0.15) is 0 Å². The predicted octanol–water partition coefficient (Wildman–Crippen LogP) is 0.707. The van der Waals surface area contributed by atoms with Crippen molar-refractivity contribution in [2.75, 3.05) is 30.4 Å². The Labute approximate surface area is 123 Å². The normalized spacial score (nSPS) is 13.0. The lowest BCUT2D eigenvalue weighted by Crippen LogP contribution is -2.40. The van der Waals surface area contributed by atoms with Gasteiger partial charge in [0.05, 0.1) is 11.9 Å². The first-order valence-corrected chi connectivity index (χ1v) is 8.40. The minimum atomic E-state index is -3.58. The molecule has 0 saturated carbocycles. The number of anilines is 1. The number of nitrogens with zero attached hydrogens (tertiary/aromatic N) is 1. The molecule has 116 valence electrons. The molecule has 7 nitrogen and oxygen atoms in total. The Morgan fingerprint density at radius 2 is 2.05 bits per heavy atom. The number of hydrogen-bond acceptors (Lipinski definition) is 5. The minimum Gasteiger partial charge on any atom is -0.454 e. The van der Waals surface area contributed by atoms with Crippen molar-refractivity contribution < 1.29 is 22.7 Å². The first-order valence-electron chi connectivity index (χ1n) is 6.56. The minimum absolute atomic E-state index is 0.106. The summed E-state index contributed by atoms with van der Waals surface area (Å²) in [5.41, 5.74) is 0.369. The lowest BCUT2D eigenvalue weighted by Gasteiger charge is -2.22. The zero-order chi connectivity index (χ0) is 15.5. The molecule has 0 bridgehead atoms. The van der Waals surface area contributed by atoms with Gasteiger partial charge in [0.25, 0.3) is 0 Å². The molecule has 1 aliphatic heterocycles. The zero-order valence-corrected chi connectivity index (χ0v) is 12.8. The maximum Gasteiger partial charge on any atom is 0.240 e. The summed E-state index contributed by atoms with van der Waals surface area (Å²) in [5, 5.41) is 2.66. The molecule has 1 aromatic rings. The Morgan fingerprint density at radius 1 is 1.33 bits per heavy atom. The molecule has 1 amide bonds. The number of hydrogen-bond donors (Lipinski definition) is 1. The van der Waals surface area contributed by atoms with Gasteiger partial charge in [-0.15, -0.1) is 0 Å². The van der Waals surface area contributed by atoms with Gasteiger partial charge >= 0.3 is 0 Å². The highest BCUT2D eigenvalue weighted by atomic mass is 32.2. The summed E-state index contributed by atoms with van der Waals surface area (Å²) in [6, 6.07) is 4.76. The summed E-state index contributed by atoms with van der Waals surface area (Å²) < 4.78 is 35.3. The third-order valence-corrected chi connectivity index (χ3v) is 4.04. The summed E-state index contributed by atoms with van der Waals surface area (Å²) in [5.74, 6) is 0.678. The van der Waals surface area contributed by atoms with E-state index in [9.17, 15) is 13.2 Å². The van der Waals surface area contributed by atoms with Crippen LogP contribution in [-0.2, 0) is 14.8 Å². The summed E-state index contributed by atoms with van der Waals surface area (Å²) in [7, 11) is -3.58. The second-order valence-corrected chi connectivity index (χ2v) is 6.56. The highest BCUT2D eigenvalue weighted by molar-refractivity contribution is 7.92. The van der Waals surface area contributed by atoms with Gasteiger partial charge in [0, 0.05) is 12.6 Å². The molecule has 0 radical (unpaired) electrons. The molecule has 1 N–H and O–H groups in total. The fraction of sp³-hybridized carbons (Fsp3) is 0.462. The standard InChI is InChI=1S/C13H18N2O5S/c1-3-6-14-13(16)8-15(21(2,17)18)10-4-5-11-12(7-10)20-9-19-11/h4-5,7H,3,6,8-9H2,1-2H3,(H,14,16). The highest BCUT2D eigenvalue weighted by Crippen LogP contribution is 2.35. The molecule has 1 aliphatic rings. The van der Waals surface area contributed by atoms with Crippen LogP contribution in [0.25, 0.3) is 0 Å². The first-order chi connectivity index (χ1) is 9.91. The van der Waals surface area contributed by atoms with E-state index < -0.39 is 10.0 Å². The third-order valence-electron chi connectivity index (χ3n) is 2.90. The van der Waals surface area contributed by atoms with Crippen molar-refractivity contribution in [2.45, 2.75) is 13.3 Å². The molecule has 0 unspecified atom stereocenters. The van der Waals surface area contributed by atoms with E-state index in [4.69, 9.17) is 9.47 Å². The van der Waals surface area contributed by atoms with Crippen molar-refractivity contribution in [1.29, 1.82) is 0 Å². The van der Waals surface area contributed by atoms with E-state index >= 15 is 0 Å². The number of rotatable bonds is 6. The Kier molecular flexibility index (Phi) is 4.56. The van der Waals surface area contributed by atoms with E-state index in [-0.39, 0.29) is 19.2 Å². The number of carbonyl (C=O) groups is 1. The SMILES string of the molecule is CCCNC(=O)CN(c1ccc2c(c1)OCO2)S(C)(=O)=O. The maximum absolute atomic E-state index is 11.9. The fourth-order valence-electron chi connectivity index (χ4n) is 1.89. The first kappa shape index (κ1) is 15.4. The van der Waals surface area contributed by atoms with E-state index in [0.717, 1.165) is 17.0 Å². The summed E-state index contributed by atoms with van der Waals surface area (Å²) in [6.07, 6.45) is 1.85. The molecule has 0 saturated heterocycles. The molecule has 0 atom stereocenters. The number of benzene rings is 1. The van der Waals surface area contributed by atoms with Crippen LogP contribution >= 0.6 is 0 Å². The van der Waals surface area contributed by atoms with Crippen LogP contribution in [0.2, 0.25) is 0 Å². The van der Waals surface area contributed by atoms with Gasteiger partial charge in [0.1, 0.15) is 6.54 Å². The van der Waals surface area contributed by atoms with Crippen molar-refractivity contribution in [3.05, 3.63) is 18.2 Å². The van der Waals surface area contributed by atoms with Crippen molar-refractivity contribution in [3.63, 3.8) is 0 Å². The van der Waals surface area contributed by atoms with Gasteiger partial charge in [-0.05, 0) is 18.6 Å². The van der Waals surface area contributed by atoms with E-state index in [1.54, 1.807) is 18.2 Å². The molecular formula is C13H18N2O5S. The van der Waals surface area contributed by atoms with Crippen LogP contribution in [0, 0.1) is 0 Å². The van der Waals surface area contributed by atoms with Gasteiger partial charge in [-0.1, -0.05) is 6.92 Å². The lowest BCUT2D eigenvalue weighted by atomic mass is 10.3. The van der Waals surface area contributed by atoms with Crippen LogP contribution in [0.15, 0.2) is 18.2 Å². The van der Waals surface area contributed by atoms with Gasteiger partial charge in [-0.3, -0.25) is 9.10 Å². The molecule has 2 rings (SSSR count). The second kappa shape index (κ2) is 6.21. The Morgan fingerprint density at radius 3 is 2.71 bits per heavy atom. The van der Waals surface area contributed by atoms with Gasteiger partial charge < -0.3 is 14.8 Å². The fourth-order valence-corrected chi connectivity index (χ4v) is 2.74. The molecule has 0 aromatic heterocycles. The quantitative estimate of drug-likeness (QED) is 0.836. The van der Waals surface area contributed by atoms with Gasteiger partial charge in [0.15, 0.2) is 11.5 Å². The van der Waals surface area contributed by atoms with Gasteiger partial charge in [-0.25, -0.2) is 8.42 Å². The van der Waals surface area contributed by atoms with Crippen LogP contribution in [0.1, 0.15) is 13.3 Å². The van der Waals surface area contributed by atoms with Crippen LogP contribution in [0.4, 0.5) is 5.69 Å². The molecule has 0 spiro atoms. The Hall–Kier alpha value is -1.96. The number of sulfonamides is 1. The molecule has 21 heavy (non-hydrogen) atoms. The average Bonchev–Trinajstić information content (AvgIpc) is 2.88. The molecule has 0 fully saturated rings. The molecular weight excluding hydrogens is 296 g/mol. The summed E-state index contributed by atoms with van der Waals surface area (Å²) >= 11 is 0. The number of fused-ring (bicyclic) bond motifs is 1. The highest BCUT2D eigenvalue weighted by Gasteiger charge is 2.23. The number of nitrogens with one attached hydrogen (secondary N) is 1. The third kappa shape index (κ3) is 3.78. The zero-order valence-electron chi connectivity index (χ0n) is 12.0. The van der Waals surface area contributed by atoms with Gasteiger partial charge in [0.2, 0.25) is 22.7 Å². The van der Waals surface area contributed by atoms with Crippen LogP contribution in [0.5, 0.6) is 11.5 Å². The smallest absolute Gasteiger partial charge is 0.240 e. The van der Waals surface area contributed by atoms with E-state index in [1.807, 2.05) is 6.92 Å². The maximum atomic E-state index is 11.9. The van der Waals surface area contributed by atoms with Crippen molar-refractivity contribution in [2.24, 2.45) is 0 Å². The molecule has 1 aromatic carbocycles. The topological polar surface area (TPSA) is 84.9 Å². The molecule has 8 heteroatoms. The monoisotopic (exact) mass is 314 g/mol. The van der Waals surface area contributed by atoms with E-state index in [1.165, 1.54) is 0 Å². The summed E-state index contributed by atoms with van der Waals surface area (Å²) in [4.78, 5) is 11.8.